The summed E-state index contributed by atoms with van der Waals surface area (Å²) < 4.78 is 16.3. The van der Waals surface area contributed by atoms with Gasteiger partial charge in [-0.05, 0) is 33.6 Å². The first kappa shape index (κ1) is 20.3. The molecule has 0 aliphatic carbocycles. The van der Waals surface area contributed by atoms with Gasteiger partial charge >= 0.3 is 0 Å². The van der Waals surface area contributed by atoms with E-state index in [2.05, 4.69) is 26.2 Å². The lowest BCUT2D eigenvalue weighted by Gasteiger charge is -2.11. The van der Waals surface area contributed by atoms with E-state index in [0.29, 0.717) is 37.2 Å². The van der Waals surface area contributed by atoms with Crippen LogP contribution in [0.3, 0.4) is 0 Å². The average molecular weight is 474 g/mol. The summed E-state index contributed by atoms with van der Waals surface area (Å²) in [5.74, 6) is 1.69. The molecule has 0 unspecified atom stereocenters. The first-order valence-electron chi connectivity index (χ1n) is 6.05. The van der Waals surface area contributed by atoms with Gasteiger partial charge in [0.1, 0.15) is 0 Å². The highest BCUT2D eigenvalue weighted by molar-refractivity contribution is 14.0. The molecule has 1 rings (SSSR count). The molecule has 0 saturated heterocycles. The smallest absolute Gasteiger partial charge is 0.188 e. The van der Waals surface area contributed by atoms with Crippen molar-refractivity contribution < 1.29 is 14.2 Å². The van der Waals surface area contributed by atoms with Crippen LogP contribution in [-0.2, 0) is 11.3 Å². The molecular formula is C13H21BrIN3O3. The average Bonchev–Trinajstić information content (AvgIpc) is 2.44. The molecule has 0 amide bonds. The van der Waals surface area contributed by atoms with Gasteiger partial charge in [0, 0.05) is 13.7 Å². The second-order valence-corrected chi connectivity index (χ2v) is 4.79. The van der Waals surface area contributed by atoms with Gasteiger partial charge in [-0.1, -0.05) is 0 Å². The Morgan fingerprint density at radius 1 is 1.29 bits per heavy atom. The van der Waals surface area contributed by atoms with Gasteiger partial charge in [-0.15, -0.1) is 24.0 Å². The second-order valence-electron chi connectivity index (χ2n) is 3.93. The highest BCUT2D eigenvalue weighted by atomic mass is 127. The van der Waals surface area contributed by atoms with Crippen LogP contribution in [0, 0.1) is 0 Å². The Bertz CT molecular complexity index is 472. The summed E-state index contributed by atoms with van der Waals surface area (Å²) >= 11 is 3.44. The van der Waals surface area contributed by atoms with Crippen LogP contribution >= 0.6 is 39.9 Å². The first-order chi connectivity index (χ1) is 9.62. The molecular weight excluding hydrogens is 453 g/mol. The van der Waals surface area contributed by atoms with E-state index in [1.807, 2.05) is 12.1 Å². The zero-order chi connectivity index (χ0) is 15.0. The standard InChI is InChI=1S/C13H20BrN3O3.HI/c1-18-5-4-16-13(15)17-8-9-6-10(14)12(20-3)11(7-9)19-2;/h6-7H,4-5,8H2,1-3H3,(H3,15,16,17);1H. The predicted octanol–water partition coefficient (Wildman–Crippen LogP) is 2.14. The summed E-state index contributed by atoms with van der Waals surface area (Å²) in [5.41, 5.74) is 6.71. The van der Waals surface area contributed by atoms with E-state index in [-0.39, 0.29) is 24.0 Å². The van der Waals surface area contributed by atoms with E-state index in [0.717, 1.165) is 10.0 Å². The third-order valence-corrected chi connectivity index (χ3v) is 3.13. The lowest BCUT2D eigenvalue weighted by molar-refractivity contribution is 0.204. The molecule has 0 aliphatic rings. The topological polar surface area (TPSA) is 78.1 Å². The number of guanidine groups is 1. The van der Waals surface area contributed by atoms with Crippen LogP contribution in [-0.4, -0.2) is 40.4 Å². The molecule has 21 heavy (non-hydrogen) atoms. The quantitative estimate of drug-likeness (QED) is 0.274. The summed E-state index contributed by atoms with van der Waals surface area (Å²) in [5, 5.41) is 2.95. The summed E-state index contributed by atoms with van der Waals surface area (Å²) in [6.07, 6.45) is 0. The Balaban J connectivity index is 0.00000400. The highest BCUT2D eigenvalue weighted by Gasteiger charge is 2.10. The van der Waals surface area contributed by atoms with Crippen LogP contribution in [0.15, 0.2) is 21.6 Å². The van der Waals surface area contributed by atoms with Gasteiger partial charge in [0.05, 0.1) is 31.8 Å². The third kappa shape index (κ3) is 6.70. The lowest BCUT2D eigenvalue weighted by Crippen LogP contribution is -2.34. The Kier molecular flexibility index (Phi) is 10.5. The Labute approximate surface area is 150 Å². The maximum atomic E-state index is 5.74. The molecule has 8 heteroatoms. The van der Waals surface area contributed by atoms with Crippen LogP contribution in [0.4, 0.5) is 0 Å². The molecule has 0 aromatic heterocycles. The van der Waals surface area contributed by atoms with Crippen molar-refractivity contribution in [2.45, 2.75) is 6.54 Å². The maximum absolute atomic E-state index is 5.74. The summed E-state index contributed by atoms with van der Waals surface area (Å²) in [6.45, 7) is 1.66. The number of nitrogens with zero attached hydrogens (tertiary/aromatic N) is 1. The molecule has 1 aromatic rings. The van der Waals surface area contributed by atoms with Crippen molar-refractivity contribution in [3.8, 4) is 11.5 Å². The number of aliphatic imine (C=N–C) groups is 1. The van der Waals surface area contributed by atoms with Gasteiger partial charge in [0.15, 0.2) is 17.5 Å². The fourth-order valence-electron chi connectivity index (χ4n) is 1.58. The molecule has 0 saturated carbocycles. The number of ether oxygens (including phenoxy) is 3. The molecule has 6 nitrogen and oxygen atoms in total. The van der Waals surface area contributed by atoms with Gasteiger partial charge < -0.3 is 25.3 Å². The normalized spacial score (nSPS) is 10.8. The van der Waals surface area contributed by atoms with Gasteiger partial charge in [0.2, 0.25) is 0 Å². The molecule has 3 N–H and O–H groups in total. The highest BCUT2D eigenvalue weighted by Crippen LogP contribution is 2.36. The zero-order valence-electron chi connectivity index (χ0n) is 12.3. The van der Waals surface area contributed by atoms with Crippen LogP contribution in [0.5, 0.6) is 11.5 Å². The van der Waals surface area contributed by atoms with Gasteiger partial charge in [0.25, 0.3) is 0 Å². The molecule has 0 spiro atoms. The monoisotopic (exact) mass is 473 g/mol. The fraction of sp³-hybridized carbons (Fsp3) is 0.462. The van der Waals surface area contributed by atoms with E-state index in [1.54, 1.807) is 21.3 Å². The van der Waals surface area contributed by atoms with E-state index in [1.165, 1.54) is 0 Å². The second kappa shape index (κ2) is 10.9. The number of hydrogen-bond acceptors (Lipinski definition) is 4. The zero-order valence-corrected chi connectivity index (χ0v) is 16.2. The van der Waals surface area contributed by atoms with Crippen LogP contribution in [0.1, 0.15) is 5.56 Å². The summed E-state index contributed by atoms with van der Waals surface area (Å²) in [6, 6.07) is 3.79. The van der Waals surface area contributed by atoms with Crippen molar-refractivity contribution in [1.29, 1.82) is 0 Å². The number of benzene rings is 1. The van der Waals surface area contributed by atoms with E-state index in [9.17, 15) is 0 Å². The van der Waals surface area contributed by atoms with Crippen molar-refractivity contribution in [3.05, 3.63) is 22.2 Å². The molecule has 0 heterocycles. The van der Waals surface area contributed by atoms with Crippen molar-refractivity contribution in [3.63, 3.8) is 0 Å². The summed E-state index contributed by atoms with van der Waals surface area (Å²) in [7, 11) is 4.83. The first-order valence-corrected chi connectivity index (χ1v) is 6.84. The van der Waals surface area contributed by atoms with Gasteiger partial charge in [-0.3, -0.25) is 0 Å². The van der Waals surface area contributed by atoms with E-state index < -0.39 is 0 Å². The SMILES string of the molecule is COCCNC(N)=NCc1cc(Br)c(OC)c(OC)c1.I. The number of nitrogens with two attached hydrogens (primary N) is 1. The molecule has 1 aromatic carbocycles. The Hall–Kier alpha value is -0.740. The molecule has 120 valence electrons. The number of halogens is 2. The number of hydrogen-bond donors (Lipinski definition) is 2. The minimum Gasteiger partial charge on any atom is -0.493 e. The minimum absolute atomic E-state index is 0. The lowest BCUT2D eigenvalue weighted by atomic mass is 10.2. The van der Waals surface area contributed by atoms with Crippen molar-refractivity contribution >= 4 is 45.9 Å². The summed E-state index contributed by atoms with van der Waals surface area (Å²) in [4.78, 5) is 4.25. The molecule has 0 atom stereocenters. The molecule has 0 radical (unpaired) electrons. The van der Waals surface area contributed by atoms with E-state index in [4.69, 9.17) is 19.9 Å². The van der Waals surface area contributed by atoms with Crippen LogP contribution in [0.25, 0.3) is 0 Å². The predicted molar refractivity (Wildman–Crippen MR) is 97.9 cm³/mol. The molecule has 0 fully saturated rings. The Morgan fingerprint density at radius 3 is 2.57 bits per heavy atom. The van der Waals surface area contributed by atoms with Gasteiger partial charge in [-0.2, -0.15) is 0 Å². The van der Waals surface area contributed by atoms with Gasteiger partial charge in [-0.25, -0.2) is 4.99 Å². The van der Waals surface area contributed by atoms with Crippen molar-refractivity contribution in [1.82, 2.24) is 5.32 Å². The largest absolute Gasteiger partial charge is 0.493 e. The minimum atomic E-state index is 0. The fourth-order valence-corrected chi connectivity index (χ4v) is 2.23. The number of rotatable bonds is 7. The number of methoxy groups -OCH3 is 3. The maximum Gasteiger partial charge on any atom is 0.188 e. The van der Waals surface area contributed by atoms with Crippen molar-refractivity contribution in [2.24, 2.45) is 10.7 Å². The Morgan fingerprint density at radius 2 is 2.00 bits per heavy atom. The number of nitrogens with one attached hydrogen (secondary N) is 1. The third-order valence-electron chi connectivity index (χ3n) is 2.54. The van der Waals surface area contributed by atoms with E-state index >= 15 is 0 Å². The molecule has 0 aliphatic heterocycles. The van der Waals surface area contributed by atoms with Crippen molar-refractivity contribution in [2.75, 3.05) is 34.5 Å². The molecule has 0 bridgehead atoms. The van der Waals surface area contributed by atoms with Crippen LogP contribution < -0.4 is 20.5 Å². The van der Waals surface area contributed by atoms with Crippen LogP contribution in [0.2, 0.25) is 0 Å².